The van der Waals surface area contributed by atoms with Crippen LogP contribution in [0, 0.1) is 5.92 Å². The Balaban J connectivity index is 1.63. The smallest absolute Gasteiger partial charge is 0.123 e. The van der Waals surface area contributed by atoms with Gasteiger partial charge in [-0.15, -0.1) is 0 Å². The fourth-order valence-electron chi connectivity index (χ4n) is 2.77. The molecule has 1 aromatic carbocycles. The zero-order valence-electron chi connectivity index (χ0n) is 11.6. The number of nitrogens with zero attached hydrogens (tertiary/aromatic N) is 2. The lowest BCUT2D eigenvalue weighted by Gasteiger charge is -2.14. The molecule has 102 valence electrons. The number of ether oxygens (including phenoxy) is 1. The molecule has 1 aliphatic heterocycles. The van der Waals surface area contributed by atoms with Crippen LogP contribution in [0.25, 0.3) is 11.0 Å². The Morgan fingerprint density at radius 2 is 2.26 bits per heavy atom. The molecule has 1 N–H and O–H groups in total. The molecule has 1 aromatic heterocycles. The number of para-hydroxylation sites is 2. The summed E-state index contributed by atoms with van der Waals surface area (Å²) in [4.78, 5) is 4.66. The molecule has 2 heterocycles. The van der Waals surface area contributed by atoms with Crippen molar-refractivity contribution in [1.82, 2.24) is 14.9 Å². The van der Waals surface area contributed by atoms with Crippen molar-refractivity contribution in [2.24, 2.45) is 13.0 Å². The molecule has 0 spiro atoms. The van der Waals surface area contributed by atoms with Crippen LogP contribution in [0.1, 0.15) is 19.2 Å². The van der Waals surface area contributed by atoms with E-state index < -0.39 is 0 Å². The summed E-state index contributed by atoms with van der Waals surface area (Å²) in [6, 6.07) is 8.26. The van der Waals surface area contributed by atoms with E-state index in [-0.39, 0.29) is 0 Å². The second kappa shape index (κ2) is 5.31. The SMILES string of the molecule is CC1OCCC1CNCc1nc2ccccc2n1C. The number of aromatic nitrogens is 2. The van der Waals surface area contributed by atoms with E-state index in [9.17, 15) is 0 Å². The van der Waals surface area contributed by atoms with Crippen molar-refractivity contribution < 1.29 is 4.74 Å². The van der Waals surface area contributed by atoms with Gasteiger partial charge in [0.25, 0.3) is 0 Å². The predicted molar refractivity (Wildman–Crippen MR) is 75.9 cm³/mol. The molecule has 0 amide bonds. The lowest BCUT2D eigenvalue weighted by Crippen LogP contribution is -2.27. The van der Waals surface area contributed by atoms with Crippen LogP contribution in [0.4, 0.5) is 0 Å². The van der Waals surface area contributed by atoms with Crippen molar-refractivity contribution in [2.75, 3.05) is 13.2 Å². The minimum absolute atomic E-state index is 0.382. The zero-order chi connectivity index (χ0) is 13.2. The lowest BCUT2D eigenvalue weighted by atomic mass is 10.0. The molecule has 0 bridgehead atoms. The fraction of sp³-hybridized carbons (Fsp3) is 0.533. The summed E-state index contributed by atoms with van der Waals surface area (Å²) in [6.07, 6.45) is 1.55. The molecule has 2 unspecified atom stereocenters. The van der Waals surface area contributed by atoms with Crippen LogP contribution >= 0.6 is 0 Å². The Kier molecular flexibility index (Phi) is 3.53. The van der Waals surface area contributed by atoms with Crippen LogP contribution in [0.15, 0.2) is 24.3 Å². The third kappa shape index (κ3) is 2.51. The topological polar surface area (TPSA) is 39.1 Å². The molecule has 4 nitrogen and oxygen atoms in total. The van der Waals surface area contributed by atoms with Crippen LogP contribution in [-0.2, 0) is 18.3 Å². The van der Waals surface area contributed by atoms with Crippen molar-refractivity contribution in [2.45, 2.75) is 26.0 Å². The average Bonchev–Trinajstić information content (AvgIpc) is 2.96. The van der Waals surface area contributed by atoms with Gasteiger partial charge < -0.3 is 14.6 Å². The highest BCUT2D eigenvalue weighted by Crippen LogP contribution is 2.19. The van der Waals surface area contributed by atoms with Gasteiger partial charge in [-0.1, -0.05) is 12.1 Å². The van der Waals surface area contributed by atoms with Crippen LogP contribution in [0.3, 0.4) is 0 Å². The molecule has 19 heavy (non-hydrogen) atoms. The fourth-order valence-corrected chi connectivity index (χ4v) is 2.77. The van der Waals surface area contributed by atoms with Crippen LogP contribution < -0.4 is 5.32 Å². The highest BCUT2D eigenvalue weighted by Gasteiger charge is 2.23. The van der Waals surface area contributed by atoms with Gasteiger partial charge in [0, 0.05) is 20.2 Å². The third-order valence-corrected chi connectivity index (χ3v) is 4.10. The second-order valence-corrected chi connectivity index (χ2v) is 5.33. The Hall–Kier alpha value is -1.39. The number of hydrogen-bond acceptors (Lipinski definition) is 3. The van der Waals surface area contributed by atoms with Gasteiger partial charge >= 0.3 is 0 Å². The Morgan fingerprint density at radius 1 is 1.42 bits per heavy atom. The van der Waals surface area contributed by atoms with Gasteiger partial charge in [0.2, 0.25) is 0 Å². The van der Waals surface area contributed by atoms with Crippen molar-refractivity contribution in [3.05, 3.63) is 30.1 Å². The van der Waals surface area contributed by atoms with Gasteiger partial charge in [-0.25, -0.2) is 4.98 Å². The van der Waals surface area contributed by atoms with Crippen molar-refractivity contribution in [1.29, 1.82) is 0 Å². The van der Waals surface area contributed by atoms with E-state index in [1.807, 2.05) is 6.07 Å². The first-order valence-electron chi connectivity index (χ1n) is 6.98. The first-order valence-corrected chi connectivity index (χ1v) is 6.98. The van der Waals surface area contributed by atoms with Gasteiger partial charge in [0.1, 0.15) is 5.82 Å². The highest BCUT2D eigenvalue weighted by atomic mass is 16.5. The summed E-state index contributed by atoms with van der Waals surface area (Å²) < 4.78 is 7.74. The Labute approximate surface area is 113 Å². The van der Waals surface area contributed by atoms with E-state index in [0.29, 0.717) is 12.0 Å². The molecule has 1 saturated heterocycles. The Bertz CT molecular complexity index is 564. The predicted octanol–water partition coefficient (Wildman–Crippen LogP) is 2.09. The monoisotopic (exact) mass is 259 g/mol. The first-order chi connectivity index (χ1) is 9.25. The van der Waals surface area contributed by atoms with E-state index in [4.69, 9.17) is 4.74 Å². The number of benzene rings is 1. The minimum atomic E-state index is 0.382. The molecule has 0 saturated carbocycles. The number of aryl methyl sites for hydroxylation is 1. The summed E-state index contributed by atoms with van der Waals surface area (Å²) in [5, 5.41) is 3.51. The van der Waals surface area contributed by atoms with E-state index in [0.717, 1.165) is 37.5 Å². The number of rotatable bonds is 4. The number of fused-ring (bicyclic) bond motifs is 1. The largest absolute Gasteiger partial charge is 0.378 e. The van der Waals surface area contributed by atoms with Gasteiger partial charge in [-0.2, -0.15) is 0 Å². The maximum atomic E-state index is 5.58. The van der Waals surface area contributed by atoms with E-state index in [1.54, 1.807) is 0 Å². The van der Waals surface area contributed by atoms with E-state index in [1.165, 1.54) is 5.52 Å². The number of hydrogen-bond donors (Lipinski definition) is 1. The summed E-state index contributed by atoms with van der Waals surface area (Å²) in [5.41, 5.74) is 2.26. The highest BCUT2D eigenvalue weighted by molar-refractivity contribution is 5.75. The van der Waals surface area contributed by atoms with Crippen molar-refractivity contribution in [3.63, 3.8) is 0 Å². The minimum Gasteiger partial charge on any atom is -0.378 e. The number of imidazole rings is 1. The quantitative estimate of drug-likeness (QED) is 0.914. The van der Waals surface area contributed by atoms with Crippen LogP contribution in [0.2, 0.25) is 0 Å². The molecule has 2 aromatic rings. The molecular weight excluding hydrogens is 238 g/mol. The first kappa shape index (κ1) is 12.6. The molecule has 1 fully saturated rings. The van der Waals surface area contributed by atoms with Gasteiger partial charge in [-0.05, 0) is 31.4 Å². The third-order valence-electron chi connectivity index (χ3n) is 4.10. The van der Waals surface area contributed by atoms with Crippen LogP contribution in [-0.4, -0.2) is 28.8 Å². The van der Waals surface area contributed by atoms with Gasteiger partial charge in [0.05, 0.1) is 23.7 Å². The number of nitrogens with one attached hydrogen (secondary N) is 1. The standard InChI is InChI=1S/C15H21N3O/c1-11-12(7-8-19-11)9-16-10-15-17-13-5-3-4-6-14(13)18(15)2/h3-6,11-12,16H,7-10H2,1-2H3. The average molecular weight is 259 g/mol. The molecule has 0 radical (unpaired) electrons. The molecule has 4 heteroatoms. The molecule has 1 aliphatic rings. The molecular formula is C15H21N3O. The Morgan fingerprint density at radius 3 is 3.00 bits per heavy atom. The normalized spacial score (nSPS) is 23.3. The maximum absolute atomic E-state index is 5.58. The zero-order valence-corrected chi connectivity index (χ0v) is 11.6. The van der Waals surface area contributed by atoms with Crippen molar-refractivity contribution >= 4 is 11.0 Å². The van der Waals surface area contributed by atoms with Crippen LogP contribution in [0.5, 0.6) is 0 Å². The van der Waals surface area contributed by atoms with Gasteiger partial charge in [-0.3, -0.25) is 0 Å². The summed E-state index contributed by atoms with van der Waals surface area (Å²) in [7, 11) is 2.08. The van der Waals surface area contributed by atoms with E-state index in [2.05, 4.69) is 47.0 Å². The summed E-state index contributed by atoms with van der Waals surface area (Å²) >= 11 is 0. The molecule has 0 aliphatic carbocycles. The van der Waals surface area contributed by atoms with Crippen molar-refractivity contribution in [3.8, 4) is 0 Å². The van der Waals surface area contributed by atoms with E-state index >= 15 is 0 Å². The summed E-state index contributed by atoms with van der Waals surface area (Å²) in [6.45, 7) is 4.88. The lowest BCUT2D eigenvalue weighted by molar-refractivity contribution is 0.105. The van der Waals surface area contributed by atoms with Gasteiger partial charge in [0.15, 0.2) is 0 Å². The maximum Gasteiger partial charge on any atom is 0.123 e. The molecule has 3 rings (SSSR count). The summed E-state index contributed by atoms with van der Waals surface area (Å²) in [5.74, 6) is 1.72. The second-order valence-electron chi connectivity index (χ2n) is 5.33. The molecule has 2 atom stereocenters.